The van der Waals surface area contributed by atoms with E-state index >= 15 is 0 Å². The zero-order valence-electron chi connectivity index (χ0n) is 9.98. The van der Waals surface area contributed by atoms with Crippen LogP contribution in [0.4, 0.5) is 0 Å². The fraction of sp³-hybridized carbons (Fsp3) is 0.538. The summed E-state index contributed by atoms with van der Waals surface area (Å²) >= 11 is 0. The number of hydrogen-bond donors (Lipinski definition) is 0. The molecule has 0 atom stereocenters. The molecule has 0 aliphatic carbocycles. The van der Waals surface area contributed by atoms with Gasteiger partial charge in [0.05, 0.1) is 0 Å². The Morgan fingerprint density at radius 3 is 2.12 bits per heavy atom. The van der Waals surface area contributed by atoms with Crippen LogP contribution in [0.1, 0.15) is 45.1 Å². The van der Waals surface area contributed by atoms with Gasteiger partial charge in [0.15, 0.2) is 0 Å². The third-order valence-electron chi connectivity index (χ3n) is 2.82. The molecule has 2 nitrogen and oxygen atoms in total. The molecule has 0 amide bonds. The van der Waals surface area contributed by atoms with E-state index in [1.807, 2.05) is 18.2 Å². The monoisotopic (exact) mass is 238 g/mol. The molecule has 1 aromatic rings. The third kappa shape index (κ3) is 3.13. The van der Waals surface area contributed by atoms with E-state index in [1.54, 1.807) is 0 Å². The van der Waals surface area contributed by atoms with Gasteiger partial charge in [-0.2, -0.15) is 0 Å². The van der Waals surface area contributed by atoms with E-state index < -0.39 is 0 Å². The minimum Gasteiger partial charge on any atom is -0.283 e. The summed E-state index contributed by atoms with van der Waals surface area (Å²) in [5.41, 5.74) is 0.746. The van der Waals surface area contributed by atoms with Gasteiger partial charge in [-0.25, -0.2) is 4.57 Å². The van der Waals surface area contributed by atoms with Crippen LogP contribution < -0.4 is 0 Å². The Morgan fingerprint density at radius 1 is 1.12 bits per heavy atom. The molecule has 0 saturated carbocycles. The largest absolute Gasteiger partial charge is 0.328 e. The van der Waals surface area contributed by atoms with Gasteiger partial charge in [0.2, 0.25) is 0 Å². The second-order valence-electron chi connectivity index (χ2n) is 4.03. The highest BCUT2D eigenvalue weighted by Crippen LogP contribution is 2.38. The van der Waals surface area contributed by atoms with Crippen LogP contribution in [0.5, 0.6) is 0 Å². The highest BCUT2D eigenvalue weighted by Gasteiger charge is 2.31. The molecule has 0 aliphatic rings. The maximum atomic E-state index is 10.8. The Kier molecular flexibility index (Phi) is 5.65. The summed E-state index contributed by atoms with van der Waals surface area (Å²) in [4.78, 5) is 0. The standard InChI is InChI=1S/C13H19O2P/c1-3-10-13(11-4-2,15-16-14)12-8-6-5-7-9-12/h5-9H,3-4,10-11H2,1-2H3. The van der Waals surface area contributed by atoms with Crippen molar-refractivity contribution in [2.75, 3.05) is 0 Å². The second kappa shape index (κ2) is 6.78. The lowest BCUT2D eigenvalue weighted by molar-refractivity contribution is 0.0602. The highest BCUT2D eigenvalue weighted by atomic mass is 31.1. The van der Waals surface area contributed by atoms with Crippen LogP contribution in [-0.2, 0) is 14.7 Å². The molecule has 0 aliphatic heterocycles. The minimum absolute atomic E-state index is 0.231. The van der Waals surface area contributed by atoms with E-state index in [0.29, 0.717) is 0 Å². The molecule has 0 heterocycles. The van der Waals surface area contributed by atoms with E-state index in [4.69, 9.17) is 4.52 Å². The lowest BCUT2D eigenvalue weighted by atomic mass is 9.85. The Balaban J connectivity index is 3.04. The van der Waals surface area contributed by atoms with E-state index in [-0.39, 0.29) is 14.3 Å². The lowest BCUT2D eigenvalue weighted by Gasteiger charge is -2.30. The van der Waals surface area contributed by atoms with Gasteiger partial charge in [-0.1, -0.05) is 57.0 Å². The molecule has 0 fully saturated rings. The van der Waals surface area contributed by atoms with Crippen LogP contribution in [0.2, 0.25) is 0 Å². The maximum absolute atomic E-state index is 10.8. The molecule has 0 spiro atoms. The molecule has 0 saturated heterocycles. The van der Waals surface area contributed by atoms with Crippen molar-refractivity contribution in [2.24, 2.45) is 0 Å². The zero-order chi connectivity index (χ0) is 11.9. The molecule has 0 radical (unpaired) electrons. The highest BCUT2D eigenvalue weighted by molar-refractivity contribution is 7.17. The third-order valence-corrected chi connectivity index (χ3v) is 3.24. The number of hydrogen-bond acceptors (Lipinski definition) is 2. The zero-order valence-corrected chi connectivity index (χ0v) is 10.9. The fourth-order valence-electron chi connectivity index (χ4n) is 2.18. The molecule has 3 heteroatoms. The quantitative estimate of drug-likeness (QED) is 0.643. The minimum atomic E-state index is -0.381. The lowest BCUT2D eigenvalue weighted by Crippen LogP contribution is -2.26. The van der Waals surface area contributed by atoms with Gasteiger partial charge in [-0.3, -0.25) is 4.52 Å². The van der Waals surface area contributed by atoms with Gasteiger partial charge >= 0.3 is 8.69 Å². The maximum Gasteiger partial charge on any atom is 0.328 e. The van der Waals surface area contributed by atoms with Crippen LogP contribution in [0.25, 0.3) is 0 Å². The van der Waals surface area contributed by atoms with Crippen molar-refractivity contribution in [3.8, 4) is 0 Å². The second-order valence-corrected chi connectivity index (χ2v) is 4.36. The molecule has 1 aromatic carbocycles. The van der Waals surface area contributed by atoms with Crippen molar-refractivity contribution >= 4 is 8.69 Å². The predicted octanol–water partition coefficient (Wildman–Crippen LogP) is 4.71. The molecule has 0 bridgehead atoms. The summed E-state index contributed by atoms with van der Waals surface area (Å²) in [6.45, 7) is 4.25. The molecule has 0 aromatic heterocycles. The fourth-order valence-corrected chi connectivity index (χ4v) is 2.61. The van der Waals surface area contributed by atoms with Crippen molar-refractivity contribution < 1.29 is 9.09 Å². The number of benzene rings is 1. The van der Waals surface area contributed by atoms with Crippen LogP contribution in [0, 0.1) is 0 Å². The molecular formula is C13H19O2P. The van der Waals surface area contributed by atoms with Gasteiger partial charge in [-0.15, -0.1) is 0 Å². The van der Waals surface area contributed by atoms with Crippen molar-refractivity contribution in [3.05, 3.63) is 35.9 Å². The van der Waals surface area contributed by atoms with Gasteiger partial charge in [0.1, 0.15) is 5.60 Å². The van der Waals surface area contributed by atoms with Gasteiger partial charge in [-0.05, 0) is 18.4 Å². The average Bonchev–Trinajstić information content (AvgIpc) is 2.31. The molecular weight excluding hydrogens is 219 g/mol. The molecule has 1 rings (SSSR count). The first kappa shape index (κ1) is 13.3. The first-order valence-corrected chi connectivity index (χ1v) is 6.58. The Hall–Kier alpha value is -0.720. The summed E-state index contributed by atoms with van der Waals surface area (Å²) in [6, 6.07) is 10.1. The molecule has 16 heavy (non-hydrogen) atoms. The SMILES string of the molecule is CCCC(CCC)(OP=O)c1ccccc1. The smallest absolute Gasteiger partial charge is 0.283 e. The Bertz CT molecular complexity index is 305. The average molecular weight is 238 g/mol. The van der Waals surface area contributed by atoms with E-state index in [1.165, 1.54) is 0 Å². The molecule has 0 N–H and O–H groups in total. The van der Waals surface area contributed by atoms with Gasteiger partial charge < -0.3 is 0 Å². The Morgan fingerprint density at radius 2 is 1.69 bits per heavy atom. The van der Waals surface area contributed by atoms with Crippen LogP contribution in [-0.4, -0.2) is 0 Å². The summed E-state index contributed by atoms with van der Waals surface area (Å²) in [5, 5.41) is 0. The van der Waals surface area contributed by atoms with E-state index in [0.717, 1.165) is 31.2 Å². The van der Waals surface area contributed by atoms with Gasteiger partial charge in [0, 0.05) is 0 Å². The summed E-state index contributed by atoms with van der Waals surface area (Å²) < 4.78 is 16.3. The van der Waals surface area contributed by atoms with Gasteiger partial charge in [0.25, 0.3) is 0 Å². The summed E-state index contributed by atoms with van der Waals surface area (Å²) in [5.74, 6) is 0. The first-order valence-electron chi connectivity index (χ1n) is 5.85. The van der Waals surface area contributed by atoms with Crippen LogP contribution >= 0.6 is 8.69 Å². The normalized spacial score (nSPS) is 11.9. The summed E-state index contributed by atoms with van der Waals surface area (Å²) in [6.07, 6.45) is 3.84. The Labute approximate surface area is 99.3 Å². The predicted molar refractivity (Wildman–Crippen MR) is 66.6 cm³/mol. The van der Waals surface area contributed by atoms with Crippen LogP contribution in [0.15, 0.2) is 30.3 Å². The van der Waals surface area contributed by atoms with Crippen molar-refractivity contribution in [2.45, 2.75) is 45.1 Å². The first-order chi connectivity index (χ1) is 7.79. The van der Waals surface area contributed by atoms with E-state index in [9.17, 15) is 4.57 Å². The van der Waals surface area contributed by atoms with Crippen molar-refractivity contribution in [1.29, 1.82) is 0 Å². The molecule has 0 unspecified atom stereocenters. The van der Waals surface area contributed by atoms with Crippen molar-refractivity contribution in [1.82, 2.24) is 0 Å². The van der Waals surface area contributed by atoms with Crippen LogP contribution in [0.3, 0.4) is 0 Å². The van der Waals surface area contributed by atoms with Crippen molar-refractivity contribution in [3.63, 3.8) is 0 Å². The molecule has 88 valence electrons. The topological polar surface area (TPSA) is 26.3 Å². The van der Waals surface area contributed by atoms with E-state index in [2.05, 4.69) is 26.0 Å². The number of rotatable bonds is 7. The summed E-state index contributed by atoms with van der Waals surface area (Å²) in [7, 11) is -0.231.